The Kier molecular flexibility index (Phi) is 12.6. The van der Waals surface area contributed by atoms with E-state index < -0.39 is 0 Å². The zero-order chi connectivity index (χ0) is 18.1. The molecule has 1 atom stereocenters. The number of unbranched alkanes of at least 4 members (excludes halogenated alkanes) is 3. The topological polar surface area (TPSA) is 107 Å². The maximum atomic E-state index is 12.2. The second-order valence-corrected chi connectivity index (χ2v) is 6.44. The molecule has 2 rings (SSSR count). The smallest absolute Gasteiger partial charge is 0.249 e. The second kappa shape index (κ2) is 13.5. The van der Waals surface area contributed by atoms with Crippen molar-refractivity contribution in [2.75, 3.05) is 6.54 Å². The van der Waals surface area contributed by atoms with Crippen LogP contribution < -0.4 is 11.1 Å². The Balaban J connectivity index is 0.00000338. The molecule has 0 saturated heterocycles. The number of nitrogens with one attached hydrogen (secondary N) is 1. The SMILES string of the molecule is CC(C)C(NC(=O)CCCCCCN)c1nc(-c2cccnc2)no1.Cl.Cl. The first-order chi connectivity index (χ1) is 12.1. The monoisotopic (exact) mass is 417 g/mol. The second-order valence-electron chi connectivity index (χ2n) is 6.44. The third-order valence-corrected chi connectivity index (χ3v) is 3.97. The summed E-state index contributed by atoms with van der Waals surface area (Å²) in [4.78, 5) is 20.7. The lowest BCUT2D eigenvalue weighted by Crippen LogP contribution is -2.31. The van der Waals surface area contributed by atoms with E-state index in [9.17, 15) is 4.79 Å². The third-order valence-electron chi connectivity index (χ3n) is 3.97. The predicted octanol–water partition coefficient (Wildman–Crippen LogP) is 3.70. The maximum Gasteiger partial charge on any atom is 0.249 e. The van der Waals surface area contributed by atoms with Crippen LogP contribution in [0.4, 0.5) is 0 Å². The Labute approximate surface area is 172 Å². The van der Waals surface area contributed by atoms with Crippen LogP contribution in [-0.2, 0) is 4.79 Å². The van der Waals surface area contributed by atoms with Gasteiger partial charge in [-0.15, -0.1) is 24.8 Å². The van der Waals surface area contributed by atoms with Crippen molar-refractivity contribution in [1.82, 2.24) is 20.4 Å². The average Bonchev–Trinajstić information content (AvgIpc) is 3.09. The number of hydrogen-bond acceptors (Lipinski definition) is 6. The van der Waals surface area contributed by atoms with Crippen molar-refractivity contribution in [3.05, 3.63) is 30.4 Å². The zero-order valence-corrected chi connectivity index (χ0v) is 17.4. The molecule has 0 bridgehead atoms. The van der Waals surface area contributed by atoms with Gasteiger partial charge < -0.3 is 15.6 Å². The van der Waals surface area contributed by atoms with Crippen LogP contribution in [0.5, 0.6) is 0 Å². The van der Waals surface area contributed by atoms with Gasteiger partial charge in [-0.1, -0.05) is 31.8 Å². The van der Waals surface area contributed by atoms with E-state index in [-0.39, 0.29) is 42.7 Å². The number of nitrogens with two attached hydrogens (primary N) is 1. The molecule has 0 radical (unpaired) electrons. The van der Waals surface area contributed by atoms with Crippen LogP contribution in [0.3, 0.4) is 0 Å². The van der Waals surface area contributed by atoms with Gasteiger partial charge in [0.25, 0.3) is 0 Å². The molecule has 152 valence electrons. The van der Waals surface area contributed by atoms with E-state index in [1.807, 2.05) is 26.0 Å². The minimum Gasteiger partial charge on any atom is -0.344 e. The Morgan fingerprint density at radius 2 is 1.96 bits per heavy atom. The van der Waals surface area contributed by atoms with Crippen molar-refractivity contribution < 1.29 is 9.32 Å². The normalized spacial score (nSPS) is 11.4. The molecule has 7 nitrogen and oxygen atoms in total. The Hall–Kier alpha value is -1.70. The van der Waals surface area contributed by atoms with Crippen LogP contribution >= 0.6 is 24.8 Å². The Bertz CT molecular complexity index is 652. The first-order valence-electron chi connectivity index (χ1n) is 8.85. The summed E-state index contributed by atoms with van der Waals surface area (Å²) in [5, 5.41) is 7.02. The van der Waals surface area contributed by atoms with Crippen LogP contribution in [0.15, 0.2) is 29.0 Å². The van der Waals surface area contributed by atoms with Crippen LogP contribution in [0.1, 0.15) is 57.9 Å². The molecule has 0 aliphatic carbocycles. The first-order valence-corrected chi connectivity index (χ1v) is 8.85. The summed E-state index contributed by atoms with van der Waals surface area (Å²) < 4.78 is 5.38. The molecule has 0 aliphatic heterocycles. The maximum absolute atomic E-state index is 12.2. The van der Waals surface area contributed by atoms with Crippen molar-refractivity contribution in [2.45, 2.75) is 52.0 Å². The summed E-state index contributed by atoms with van der Waals surface area (Å²) in [6.45, 7) is 4.73. The number of carbonyl (C=O) groups excluding carboxylic acids is 1. The molecule has 0 fully saturated rings. The van der Waals surface area contributed by atoms with Gasteiger partial charge in [-0.3, -0.25) is 9.78 Å². The van der Waals surface area contributed by atoms with Crippen LogP contribution in [0.25, 0.3) is 11.4 Å². The van der Waals surface area contributed by atoms with Gasteiger partial charge in [-0.25, -0.2) is 0 Å². The molecule has 27 heavy (non-hydrogen) atoms. The van der Waals surface area contributed by atoms with Crippen LogP contribution in [0, 0.1) is 5.92 Å². The van der Waals surface area contributed by atoms with Gasteiger partial charge in [0.1, 0.15) is 6.04 Å². The number of carbonyl (C=O) groups is 1. The highest BCUT2D eigenvalue weighted by molar-refractivity contribution is 5.85. The first kappa shape index (κ1) is 25.3. The zero-order valence-electron chi connectivity index (χ0n) is 15.8. The summed E-state index contributed by atoms with van der Waals surface area (Å²) in [7, 11) is 0. The lowest BCUT2D eigenvalue weighted by molar-refractivity contribution is -0.122. The molecule has 0 aliphatic rings. The van der Waals surface area contributed by atoms with E-state index in [0.717, 1.165) is 31.2 Å². The van der Waals surface area contributed by atoms with E-state index in [1.54, 1.807) is 12.4 Å². The van der Waals surface area contributed by atoms with Crippen molar-refractivity contribution in [1.29, 1.82) is 0 Å². The molecule has 0 spiro atoms. The molecule has 1 amide bonds. The Morgan fingerprint density at radius 1 is 1.22 bits per heavy atom. The van der Waals surface area contributed by atoms with Gasteiger partial charge in [0.2, 0.25) is 17.6 Å². The van der Waals surface area contributed by atoms with Gasteiger partial charge in [0, 0.05) is 24.4 Å². The molecule has 3 N–H and O–H groups in total. The van der Waals surface area contributed by atoms with Crippen molar-refractivity contribution in [3.63, 3.8) is 0 Å². The van der Waals surface area contributed by atoms with E-state index in [2.05, 4.69) is 20.4 Å². The highest BCUT2D eigenvalue weighted by Gasteiger charge is 2.24. The van der Waals surface area contributed by atoms with E-state index >= 15 is 0 Å². The van der Waals surface area contributed by atoms with Crippen molar-refractivity contribution in [3.8, 4) is 11.4 Å². The fourth-order valence-electron chi connectivity index (χ4n) is 2.52. The summed E-state index contributed by atoms with van der Waals surface area (Å²) >= 11 is 0. The summed E-state index contributed by atoms with van der Waals surface area (Å²) in [6.07, 6.45) is 7.82. The molecule has 1 unspecified atom stereocenters. The van der Waals surface area contributed by atoms with Gasteiger partial charge in [0.05, 0.1) is 0 Å². The lowest BCUT2D eigenvalue weighted by Gasteiger charge is -2.18. The number of pyridine rings is 1. The third kappa shape index (κ3) is 8.24. The minimum absolute atomic E-state index is 0. The average molecular weight is 418 g/mol. The summed E-state index contributed by atoms with van der Waals surface area (Å²) in [5.41, 5.74) is 6.26. The lowest BCUT2D eigenvalue weighted by atomic mass is 10.0. The number of aromatic nitrogens is 3. The predicted molar refractivity (Wildman–Crippen MR) is 110 cm³/mol. The minimum atomic E-state index is -0.297. The highest BCUT2D eigenvalue weighted by Crippen LogP contribution is 2.23. The summed E-state index contributed by atoms with van der Waals surface area (Å²) in [5.74, 6) is 1.05. The van der Waals surface area contributed by atoms with Crippen molar-refractivity contribution >= 4 is 30.7 Å². The molecular weight excluding hydrogens is 389 g/mol. The Morgan fingerprint density at radius 3 is 2.59 bits per heavy atom. The molecule has 9 heteroatoms. The number of amides is 1. The number of halogens is 2. The largest absolute Gasteiger partial charge is 0.344 e. The van der Waals surface area contributed by atoms with Gasteiger partial charge in [-0.2, -0.15) is 4.98 Å². The molecular formula is C18H29Cl2N5O2. The molecule has 0 aromatic carbocycles. The number of rotatable bonds is 10. The van der Waals surface area contributed by atoms with Gasteiger partial charge >= 0.3 is 0 Å². The number of nitrogens with zero attached hydrogens (tertiary/aromatic N) is 3. The quantitative estimate of drug-likeness (QED) is 0.570. The van der Waals surface area contributed by atoms with Crippen LogP contribution in [-0.4, -0.2) is 27.6 Å². The molecule has 2 aromatic heterocycles. The fourth-order valence-corrected chi connectivity index (χ4v) is 2.52. The highest BCUT2D eigenvalue weighted by atomic mass is 35.5. The van der Waals surface area contributed by atoms with Crippen molar-refractivity contribution in [2.24, 2.45) is 11.7 Å². The van der Waals surface area contributed by atoms with E-state index in [4.69, 9.17) is 10.3 Å². The van der Waals surface area contributed by atoms with Gasteiger partial charge in [0.15, 0.2) is 0 Å². The molecule has 2 aromatic rings. The van der Waals surface area contributed by atoms with E-state index in [1.165, 1.54) is 0 Å². The fraction of sp³-hybridized carbons (Fsp3) is 0.556. The molecule has 2 heterocycles. The van der Waals surface area contributed by atoms with E-state index in [0.29, 0.717) is 24.7 Å². The number of hydrogen-bond donors (Lipinski definition) is 2. The molecule has 0 saturated carbocycles. The van der Waals surface area contributed by atoms with Gasteiger partial charge in [-0.05, 0) is 37.4 Å². The summed E-state index contributed by atoms with van der Waals surface area (Å²) in [6, 6.07) is 3.39. The standard InChI is InChI=1S/C18H27N5O2.2ClH/c1-13(2)16(21-15(24)9-5-3-4-6-10-19)18-22-17(23-25-18)14-8-7-11-20-12-14;;/h7-8,11-13,16H,3-6,9-10,19H2,1-2H3,(H,21,24);2*1H. The van der Waals surface area contributed by atoms with Crippen LogP contribution in [0.2, 0.25) is 0 Å².